The first kappa shape index (κ1) is 9.51. The van der Waals surface area contributed by atoms with E-state index >= 15 is 0 Å². The number of carboxylic acids is 1. The second kappa shape index (κ2) is 3.61. The van der Waals surface area contributed by atoms with Gasteiger partial charge in [0, 0.05) is 6.54 Å². The molecule has 0 saturated carbocycles. The van der Waals surface area contributed by atoms with Crippen LogP contribution >= 0.6 is 0 Å². The van der Waals surface area contributed by atoms with Crippen LogP contribution in [0.1, 0.15) is 10.4 Å². The molecule has 1 aliphatic rings. The minimum absolute atomic E-state index is 0.201. The van der Waals surface area contributed by atoms with Gasteiger partial charge in [0.2, 0.25) is 0 Å². The van der Waals surface area contributed by atoms with Crippen molar-refractivity contribution in [2.24, 2.45) is 4.99 Å². The SMILES string of the molecule is Nc1cc(C(=O)O)ccc1N1C=NCC1. The molecule has 0 atom stereocenters. The minimum Gasteiger partial charge on any atom is -0.478 e. The highest BCUT2D eigenvalue weighted by Gasteiger charge is 2.13. The van der Waals surface area contributed by atoms with Gasteiger partial charge < -0.3 is 15.7 Å². The Kier molecular flexibility index (Phi) is 2.29. The highest BCUT2D eigenvalue weighted by Crippen LogP contribution is 2.24. The molecule has 1 aromatic carbocycles. The van der Waals surface area contributed by atoms with E-state index in [0.717, 1.165) is 18.8 Å². The van der Waals surface area contributed by atoms with Crippen molar-refractivity contribution in [2.75, 3.05) is 23.7 Å². The molecule has 1 aliphatic heterocycles. The zero-order valence-electron chi connectivity index (χ0n) is 8.05. The number of carbonyl (C=O) groups is 1. The van der Waals surface area contributed by atoms with Crippen molar-refractivity contribution < 1.29 is 9.90 Å². The topological polar surface area (TPSA) is 78.9 Å². The van der Waals surface area contributed by atoms with Gasteiger partial charge in [0.15, 0.2) is 0 Å². The fourth-order valence-electron chi connectivity index (χ4n) is 1.51. The van der Waals surface area contributed by atoms with E-state index in [-0.39, 0.29) is 5.56 Å². The third-order valence-electron chi connectivity index (χ3n) is 2.27. The first-order chi connectivity index (χ1) is 7.18. The Morgan fingerprint density at radius 2 is 2.33 bits per heavy atom. The Balaban J connectivity index is 2.34. The number of anilines is 2. The van der Waals surface area contributed by atoms with Gasteiger partial charge in [0.25, 0.3) is 0 Å². The van der Waals surface area contributed by atoms with Crippen LogP contribution in [0.25, 0.3) is 0 Å². The number of rotatable bonds is 2. The molecule has 2 rings (SSSR count). The molecule has 0 aromatic heterocycles. The molecule has 0 fully saturated rings. The van der Waals surface area contributed by atoms with E-state index in [4.69, 9.17) is 10.8 Å². The molecule has 1 heterocycles. The first-order valence-electron chi connectivity index (χ1n) is 4.58. The zero-order chi connectivity index (χ0) is 10.8. The van der Waals surface area contributed by atoms with Crippen molar-refractivity contribution in [3.63, 3.8) is 0 Å². The average molecular weight is 205 g/mol. The largest absolute Gasteiger partial charge is 0.478 e. The third kappa shape index (κ3) is 1.76. The maximum absolute atomic E-state index is 10.7. The van der Waals surface area contributed by atoms with Crippen molar-refractivity contribution >= 4 is 23.7 Å². The molecule has 0 aliphatic carbocycles. The van der Waals surface area contributed by atoms with Crippen molar-refractivity contribution in [2.45, 2.75) is 0 Å². The summed E-state index contributed by atoms with van der Waals surface area (Å²) in [5.41, 5.74) is 7.24. The quantitative estimate of drug-likeness (QED) is 0.700. The lowest BCUT2D eigenvalue weighted by Gasteiger charge is -2.16. The first-order valence-corrected chi connectivity index (χ1v) is 4.58. The van der Waals surface area contributed by atoms with Crippen LogP contribution in [0.2, 0.25) is 0 Å². The summed E-state index contributed by atoms with van der Waals surface area (Å²) < 4.78 is 0. The molecule has 5 heteroatoms. The molecule has 0 spiro atoms. The number of hydrogen-bond donors (Lipinski definition) is 2. The molecule has 0 bridgehead atoms. The molecule has 0 amide bonds. The Hall–Kier alpha value is -2.04. The van der Waals surface area contributed by atoms with E-state index in [1.807, 2.05) is 4.90 Å². The fourth-order valence-corrected chi connectivity index (χ4v) is 1.51. The summed E-state index contributed by atoms with van der Waals surface area (Å²) in [6.07, 6.45) is 1.71. The summed E-state index contributed by atoms with van der Waals surface area (Å²) >= 11 is 0. The average Bonchev–Trinajstić information content (AvgIpc) is 2.70. The lowest BCUT2D eigenvalue weighted by Crippen LogP contribution is -2.19. The summed E-state index contributed by atoms with van der Waals surface area (Å²) in [4.78, 5) is 16.7. The molecule has 0 saturated heterocycles. The normalized spacial score (nSPS) is 14.5. The molecule has 78 valence electrons. The third-order valence-corrected chi connectivity index (χ3v) is 2.27. The van der Waals surface area contributed by atoms with Gasteiger partial charge in [-0.05, 0) is 18.2 Å². The maximum atomic E-state index is 10.7. The molecule has 0 unspecified atom stereocenters. The number of benzene rings is 1. The highest BCUT2D eigenvalue weighted by molar-refractivity contribution is 5.93. The monoisotopic (exact) mass is 205 g/mol. The van der Waals surface area contributed by atoms with Crippen molar-refractivity contribution in [3.05, 3.63) is 23.8 Å². The molecule has 15 heavy (non-hydrogen) atoms. The van der Waals surface area contributed by atoms with Crippen LogP contribution in [0.3, 0.4) is 0 Å². The number of carboxylic acid groups (broad SMARTS) is 1. The predicted octanol–water partition coefficient (Wildman–Crippen LogP) is 0.815. The number of nitrogens with two attached hydrogens (primary N) is 1. The van der Waals surface area contributed by atoms with E-state index in [2.05, 4.69) is 4.99 Å². The van der Waals surface area contributed by atoms with E-state index in [1.165, 1.54) is 6.07 Å². The van der Waals surface area contributed by atoms with Crippen molar-refractivity contribution in [1.29, 1.82) is 0 Å². The van der Waals surface area contributed by atoms with Crippen LogP contribution in [-0.4, -0.2) is 30.5 Å². The van der Waals surface area contributed by atoms with Gasteiger partial charge in [-0.3, -0.25) is 4.99 Å². The minimum atomic E-state index is -0.969. The van der Waals surface area contributed by atoms with Gasteiger partial charge in [-0.25, -0.2) is 4.79 Å². The lowest BCUT2D eigenvalue weighted by atomic mass is 10.1. The van der Waals surface area contributed by atoms with Crippen LogP contribution < -0.4 is 10.6 Å². The zero-order valence-corrected chi connectivity index (χ0v) is 8.05. The summed E-state index contributed by atoms with van der Waals surface area (Å²) in [5, 5.41) is 8.77. The summed E-state index contributed by atoms with van der Waals surface area (Å²) in [5.74, 6) is -0.969. The molecule has 5 nitrogen and oxygen atoms in total. The molecular weight excluding hydrogens is 194 g/mol. The Morgan fingerprint density at radius 1 is 1.53 bits per heavy atom. The summed E-state index contributed by atoms with van der Waals surface area (Å²) in [7, 11) is 0. The second-order valence-electron chi connectivity index (χ2n) is 3.29. The highest BCUT2D eigenvalue weighted by atomic mass is 16.4. The van der Waals surface area contributed by atoms with Gasteiger partial charge in [0.05, 0.1) is 29.8 Å². The predicted molar refractivity (Wildman–Crippen MR) is 58.5 cm³/mol. The number of hydrogen-bond acceptors (Lipinski definition) is 4. The molecule has 0 radical (unpaired) electrons. The maximum Gasteiger partial charge on any atom is 0.335 e. The van der Waals surface area contributed by atoms with Gasteiger partial charge in [-0.2, -0.15) is 0 Å². The van der Waals surface area contributed by atoms with E-state index in [0.29, 0.717) is 5.69 Å². The van der Waals surface area contributed by atoms with Crippen molar-refractivity contribution in [3.8, 4) is 0 Å². The molecule has 1 aromatic rings. The van der Waals surface area contributed by atoms with Gasteiger partial charge >= 0.3 is 5.97 Å². The Labute approximate surface area is 86.8 Å². The number of nitrogens with zero attached hydrogens (tertiary/aromatic N) is 2. The smallest absolute Gasteiger partial charge is 0.335 e. The van der Waals surface area contributed by atoms with E-state index in [9.17, 15) is 4.79 Å². The van der Waals surface area contributed by atoms with Crippen LogP contribution in [-0.2, 0) is 0 Å². The van der Waals surface area contributed by atoms with Crippen LogP contribution in [0.15, 0.2) is 23.2 Å². The van der Waals surface area contributed by atoms with Crippen LogP contribution in [0, 0.1) is 0 Å². The standard InChI is InChI=1S/C10H11N3O2/c11-8-5-7(10(14)15)1-2-9(8)13-4-3-12-6-13/h1-2,5-6H,3-4,11H2,(H,14,15). The van der Waals surface area contributed by atoms with Crippen LogP contribution in [0.4, 0.5) is 11.4 Å². The van der Waals surface area contributed by atoms with E-state index in [1.54, 1.807) is 18.5 Å². The molecule has 3 N–H and O–H groups in total. The van der Waals surface area contributed by atoms with Crippen molar-refractivity contribution in [1.82, 2.24) is 0 Å². The lowest BCUT2D eigenvalue weighted by molar-refractivity contribution is 0.0697. The molecular formula is C10H11N3O2. The Bertz CT molecular complexity index is 429. The van der Waals surface area contributed by atoms with Gasteiger partial charge in [-0.1, -0.05) is 0 Å². The number of aromatic carboxylic acids is 1. The number of aliphatic imine (C=N–C) groups is 1. The Morgan fingerprint density at radius 3 is 2.87 bits per heavy atom. The second-order valence-corrected chi connectivity index (χ2v) is 3.29. The van der Waals surface area contributed by atoms with E-state index < -0.39 is 5.97 Å². The van der Waals surface area contributed by atoms with Crippen LogP contribution in [0.5, 0.6) is 0 Å². The van der Waals surface area contributed by atoms with Gasteiger partial charge in [-0.15, -0.1) is 0 Å². The van der Waals surface area contributed by atoms with Gasteiger partial charge in [0.1, 0.15) is 0 Å². The summed E-state index contributed by atoms with van der Waals surface area (Å²) in [6.45, 7) is 1.54. The summed E-state index contributed by atoms with van der Waals surface area (Å²) in [6, 6.07) is 4.71. The number of nitrogen functional groups attached to an aromatic ring is 1. The fraction of sp³-hybridized carbons (Fsp3) is 0.200.